The number of aryl methyl sites for hydroxylation is 1. The van der Waals surface area contributed by atoms with Crippen LogP contribution in [0.15, 0.2) is 93.9 Å². The molecule has 0 aromatic heterocycles. The maximum atomic E-state index is 13.6. The van der Waals surface area contributed by atoms with Gasteiger partial charge in [0.25, 0.3) is 5.91 Å². The van der Waals surface area contributed by atoms with Crippen molar-refractivity contribution in [1.29, 1.82) is 5.26 Å². The van der Waals surface area contributed by atoms with E-state index < -0.39 is 11.2 Å². The van der Waals surface area contributed by atoms with Gasteiger partial charge in [-0.15, -0.1) is 0 Å². The molecule has 170 valence electrons. The normalized spacial score (nSPS) is 16.8. The van der Waals surface area contributed by atoms with Crippen LogP contribution >= 0.6 is 27.7 Å². The summed E-state index contributed by atoms with van der Waals surface area (Å²) in [4.78, 5) is 28.1. The van der Waals surface area contributed by atoms with Crippen LogP contribution in [0, 0.1) is 18.3 Å². The van der Waals surface area contributed by atoms with Crippen LogP contribution in [0.5, 0.6) is 0 Å². The third-order valence-electron chi connectivity index (χ3n) is 5.55. The zero-order valence-electron chi connectivity index (χ0n) is 18.5. The number of hydrogen-bond acceptors (Lipinski definition) is 4. The van der Waals surface area contributed by atoms with Crippen LogP contribution in [0.1, 0.15) is 16.7 Å². The Balaban J connectivity index is 1.68. The maximum Gasteiger partial charge on any atom is 0.264 e. The van der Waals surface area contributed by atoms with Gasteiger partial charge < -0.3 is 5.32 Å². The van der Waals surface area contributed by atoms with Gasteiger partial charge in [0.2, 0.25) is 5.91 Å². The fourth-order valence-corrected chi connectivity index (χ4v) is 5.28. The Bertz CT molecular complexity index is 1280. The first-order chi connectivity index (χ1) is 16.5. The number of benzene rings is 3. The van der Waals surface area contributed by atoms with Gasteiger partial charge in [-0.1, -0.05) is 82.3 Å². The Morgan fingerprint density at radius 2 is 1.74 bits per heavy atom. The number of anilines is 1. The molecule has 1 aliphatic rings. The quantitative estimate of drug-likeness (QED) is 0.336. The number of nitrogens with zero attached hydrogens (tertiary/aromatic N) is 2. The van der Waals surface area contributed by atoms with E-state index in [1.54, 1.807) is 12.1 Å². The molecule has 0 saturated carbocycles. The minimum atomic E-state index is -0.500. The number of carbonyl (C=O) groups is 2. The van der Waals surface area contributed by atoms with Gasteiger partial charge in [0.15, 0.2) is 0 Å². The van der Waals surface area contributed by atoms with E-state index in [1.807, 2.05) is 73.7 Å². The number of halogens is 1. The van der Waals surface area contributed by atoms with Crippen molar-refractivity contribution >= 4 is 45.2 Å². The maximum absolute atomic E-state index is 13.6. The first-order valence-corrected chi connectivity index (χ1v) is 12.4. The molecule has 34 heavy (non-hydrogen) atoms. The molecular formula is C27H22BrN3O2S. The largest absolute Gasteiger partial charge is 0.347 e. The van der Waals surface area contributed by atoms with Gasteiger partial charge in [-0.05, 0) is 54.3 Å². The Kier molecular flexibility index (Phi) is 7.51. The summed E-state index contributed by atoms with van der Waals surface area (Å²) in [6.07, 6.45) is 0.511. The number of carbonyl (C=O) groups excluding carboxylic acids is 2. The predicted octanol–water partition coefficient (Wildman–Crippen LogP) is 5.50. The second kappa shape index (κ2) is 10.7. The fraction of sp³-hybridized carbons (Fsp3) is 0.148. The second-order valence-corrected chi connectivity index (χ2v) is 9.95. The monoisotopic (exact) mass is 531 g/mol. The molecule has 1 atom stereocenters. The molecule has 1 fully saturated rings. The highest BCUT2D eigenvalue weighted by atomic mass is 79.9. The first-order valence-electron chi connectivity index (χ1n) is 10.7. The summed E-state index contributed by atoms with van der Waals surface area (Å²) in [5, 5.41) is 12.7. The summed E-state index contributed by atoms with van der Waals surface area (Å²) >= 11 is 4.69. The van der Waals surface area contributed by atoms with Crippen LogP contribution < -0.4 is 10.2 Å². The standard InChI is InChI=1S/C27H22BrN3O2S/c1-18-7-5-6-10-20(18)15-24-26(33)31(22-13-11-21(28)12-14-22)27(34-24)23(16-29)25(32)30-17-19-8-3-2-4-9-19/h2-14,24H,15,17H2,1H3,(H,30,32)/b27-23-/t24-/m0/s1. The van der Waals surface area contributed by atoms with Gasteiger partial charge >= 0.3 is 0 Å². The Hall–Kier alpha value is -3.34. The lowest BCUT2D eigenvalue weighted by Crippen LogP contribution is -2.32. The highest BCUT2D eigenvalue weighted by Crippen LogP contribution is 2.42. The fourth-order valence-electron chi connectivity index (χ4n) is 3.72. The van der Waals surface area contributed by atoms with Gasteiger partial charge in [-0.25, -0.2) is 0 Å². The van der Waals surface area contributed by atoms with Crippen LogP contribution in [0.4, 0.5) is 5.69 Å². The zero-order valence-corrected chi connectivity index (χ0v) is 20.9. The summed E-state index contributed by atoms with van der Waals surface area (Å²) in [5.41, 5.74) is 3.65. The Labute approximate surface area is 211 Å². The van der Waals surface area contributed by atoms with E-state index in [9.17, 15) is 14.9 Å². The highest BCUT2D eigenvalue weighted by molar-refractivity contribution is 9.10. The molecule has 3 aromatic carbocycles. The van der Waals surface area contributed by atoms with Crippen molar-refractivity contribution in [1.82, 2.24) is 5.32 Å². The van der Waals surface area contributed by atoms with Crippen molar-refractivity contribution in [2.75, 3.05) is 4.90 Å². The van der Waals surface area contributed by atoms with E-state index in [4.69, 9.17) is 0 Å². The predicted molar refractivity (Wildman–Crippen MR) is 139 cm³/mol. The SMILES string of the molecule is Cc1ccccc1C[C@@H]1S/C(=C(/C#N)C(=O)NCc2ccccc2)N(c2ccc(Br)cc2)C1=O. The molecule has 3 aromatic rings. The van der Waals surface area contributed by atoms with Crippen LogP contribution in [-0.4, -0.2) is 17.1 Å². The van der Waals surface area contributed by atoms with Gasteiger partial charge in [-0.2, -0.15) is 5.26 Å². The molecule has 1 saturated heterocycles. The topological polar surface area (TPSA) is 73.2 Å². The van der Waals surface area contributed by atoms with Crippen molar-refractivity contribution in [2.24, 2.45) is 0 Å². The highest BCUT2D eigenvalue weighted by Gasteiger charge is 2.40. The molecule has 1 heterocycles. The molecule has 0 bridgehead atoms. The average Bonchev–Trinajstić information content (AvgIpc) is 3.16. The molecule has 4 rings (SSSR count). The summed E-state index contributed by atoms with van der Waals surface area (Å²) < 4.78 is 0.874. The minimum absolute atomic E-state index is 0.0653. The molecule has 1 N–H and O–H groups in total. The Morgan fingerprint density at radius 1 is 1.06 bits per heavy atom. The molecule has 7 heteroatoms. The van der Waals surface area contributed by atoms with Gasteiger partial charge in [-0.3, -0.25) is 14.5 Å². The third-order valence-corrected chi connectivity index (χ3v) is 7.34. The molecular weight excluding hydrogens is 510 g/mol. The van der Waals surface area contributed by atoms with E-state index in [2.05, 4.69) is 27.3 Å². The van der Waals surface area contributed by atoms with Crippen molar-refractivity contribution < 1.29 is 9.59 Å². The molecule has 5 nitrogen and oxygen atoms in total. The number of nitrogens with one attached hydrogen (secondary N) is 1. The van der Waals surface area contributed by atoms with E-state index in [-0.39, 0.29) is 11.5 Å². The number of thioether (sulfide) groups is 1. The number of amides is 2. The third kappa shape index (κ3) is 5.24. The van der Waals surface area contributed by atoms with E-state index in [1.165, 1.54) is 16.7 Å². The molecule has 2 amide bonds. The molecule has 0 aliphatic carbocycles. The molecule has 0 radical (unpaired) electrons. The van der Waals surface area contributed by atoms with Gasteiger partial charge in [0, 0.05) is 16.7 Å². The first kappa shape index (κ1) is 23.8. The van der Waals surface area contributed by atoms with Crippen molar-refractivity contribution in [3.63, 3.8) is 0 Å². The summed E-state index contributed by atoms with van der Waals surface area (Å²) in [6, 6.07) is 26.7. The van der Waals surface area contributed by atoms with Gasteiger partial charge in [0.1, 0.15) is 16.7 Å². The van der Waals surface area contributed by atoms with E-state index >= 15 is 0 Å². The second-order valence-electron chi connectivity index (χ2n) is 7.85. The average molecular weight is 532 g/mol. The molecule has 0 spiro atoms. The van der Waals surface area contributed by atoms with Gasteiger partial charge in [0.05, 0.1) is 5.25 Å². The van der Waals surface area contributed by atoms with E-state index in [0.29, 0.717) is 23.7 Å². The van der Waals surface area contributed by atoms with Crippen molar-refractivity contribution in [3.05, 3.63) is 111 Å². The van der Waals surface area contributed by atoms with E-state index in [0.717, 1.165) is 21.2 Å². The lowest BCUT2D eigenvalue weighted by molar-refractivity contribution is -0.117. The summed E-state index contributed by atoms with van der Waals surface area (Å²) in [7, 11) is 0. The number of hydrogen-bond donors (Lipinski definition) is 1. The number of rotatable bonds is 6. The summed E-state index contributed by atoms with van der Waals surface area (Å²) in [6.45, 7) is 2.31. The van der Waals surface area contributed by atoms with Crippen molar-refractivity contribution in [2.45, 2.75) is 25.1 Å². The lowest BCUT2D eigenvalue weighted by Gasteiger charge is -2.19. The van der Waals surface area contributed by atoms with Crippen molar-refractivity contribution in [3.8, 4) is 6.07 Å². The van der Waals surface area contributed by atoms with Crippen LogP contribution in [0.25, 0.3) is 0 Å². The Morgan fingerprint density at radius 3 is 2.41 bits per heavy atom. The minimum Gasteiger partial charge on any atom is -0.347 e. The van der Waals surface area contributed by atoms with Crippen LogP contribution in [-0.2, 0) is 22.6 Å². The zero-order chi connectivity index (χ0) is 24.1. The van der Waals surface area contributed by atoms with Crippen LogP contribution in [0.3, 0.4) is 0 Å². The van der Waals surface area contributed by atoms with Crippen LogP contribution in [0.2, 0.25) is 0 Å². The molecule has 0 unspecified atom stereocenters. The summed E-state index contributed by atoms with van der Waals surface area (Å²) in [5.74, 6) is -0.644. The lowest BCUT2D eigenvalue weighted by atomic mass is 10.0. The molecule has 1 aliphatic heterocycles. The smallest absolute Gasteiger partial charge is 0.264 e. The number of nitriles is 1.